The third kappa shape index (κ3) is 5.23. The Morgan fingerprint density at radius 1 is 1.15 bits per heavy atom. The van der Waals surface area contributed by atoms with Crippen LogP contribution in [0.5, 0.6) is 0 Å². The molecule has 0 bridgehead atoms. The summed E-state index contributed by atoms with van der Waals surface area (Å²) in [6.07, 6.45) is 4.69. The molecule has 0 aromatic rings. The number of rotatable bonds is 5. The fourth-order valence-electron chi connectivity index (χ4n) is 1.61. The Kier molecular flexibility index (Phi) is 5.34. The highest BCUT2D eigenvalue weighted by molar-refractivity contribution is 7.67. The summed E-state index contributed by atoms with van der Waals surface area (Å²) in [6.45, 7) is 3.60. The average Bonchev–Trinajstić information content (AvgIpc) is 2.14. The summed E-state index contributed by atoms with van der Waals surface area (Å²) in [4.78, 5) is 2.37. The van der Waals surface area contributed by atoms with Crippen LogP contribution in [0.1, 0.15) is 25.7 Å². The summed E-state index contributed by atoms with van der Waals surface area (Å²) < 4.78 is 24.6. The molecule has 0 unspecified atom stereocenters. The van der Waals surface area contributed by atoms with Gasteiger partial charge in [-0.25, -0.2) is 8.42 Å². The van der Waals surface area contributed by atoms with Crippen molar-refractivity contribution in [1.29, 1.82) is 0 Å². The van der Waals surface area contributed by atoms with Crippen molar-refractivity contribution < 1.29 is 12.6 Å². The van der Waals surface area contributed by atoms with Crippen molar-refractivity contribution in [1.82, 2.24) is 4.90 Å². The first kappa shape index (κ1) is 10.9. The zero-order valence-electron chi connectivity index (χ0n) is 7.78. The zero-order valence-corrected chi connectivity index (χ0v) is 8.67. The Hall–Kier alpha value is -0.130. The number of thiol groups is 1. The van der Waals surface area contributed by atoms with Gasteiger partial charge < -0.3 is 4.90 Å². The highest BCUT2D eigenvalue weighted by Gasteiger charge is 2.08. The number of likely N-dealkylation sites (tertiary alicyclic amines) is 1. The van der Waals surface area contributed by atoms with Crippen LogP contribution in [0.25, 0.3) is 0 Å². The van der Waals surface area contributed by atoms with Gasteiger partial charge in [0.05, 0.1) is 6.61 Å². The second-order valence-corrected chi connectivity index (χ2v) is 4.02. The molecule has 0 atom stereocenters. The van der Waals surface area contributed by atoms with Crippen LogP contribution in [0.3, 0.4) is 0 Å². The van der Waals surface area contributed by atoms with Crippen molar-refractivity contribution in [2.45, 2.75) is 25.7 Å². The lowest BCUT2D eigenvalue weighted by Gasteiger charge is -2.25. The van der Waals surface area contributed by atoms with E-state index in [-0.39, 0.29) is 0 Å². The molecule has 1 aliphatic heterocycles. The first-order valence-corrected chi connectivity index (χ1v) is 5.88. The van der Waals surface area contributed by atoms with E-state index in [9.17, 15) is 8.42 Å². The molecule has 0 aromatic carbocycles. The van der Waals surface area contributed by atoms with Gasteiger partial charge in [0.1, 0.15) is 0 Å². The Morgan fingerprint density at radius 2 is 1.85 bits per heavy atom. The van der Waals surface area contributed by atoms with E-state index in [4.69, 9.17) is 0 Å². The van der Waals surface area contributed by atoms with E-state index in [2.05, 4.69) is 9.08 Å². The molecule has 0 N–H and O–H groups in total. The van der Waals surface area contributed by atoms with E-state index in [0.29, 0.717) is 6.61 Å². The van der Waals surface area contributed by atoms with Crippen LogP contribution in [-0.2, 0) is 15.2 Å². The predicted octanol–water partition coefficient (Wildman–Crippen LogP) is 0.405. The number of piperidine rings is 1. The summed E-state index contributed by atoms with van der Waals surface area (Å²) in [6, 6.07) is 0. The summed E-state index contributed by atoms with van der Waals surface area (Å²) in [5.41, 5.74) is 0. The van der Waals surface area contributed by atoms with Gasteiger partial charge in [-0.05, 0) is 32.4 Å². The lowest BCUT2D eigenvalue weighted by molar-refractivity contribution is 0.208. The molecule has 0 saturated carbocycles. The van der Waals surface area contributed by atoms with Gasteiger partial charge in [0.2, 0.25) is 0 Å². The van der Waals surface area contributed by atoms with E-state index >= 15 is 0 Å². The van der Waals surface area contributed by atoms with E-state index in [1.165, 1.54) is 19.3 Å². The van der Waals surface area contributed by atoms with Gasteiger partial charge in [0.15, 0.2) is 0 Å². The predicted molar refractivity (Wildman–Crippen MR) is 51.2 cm³/mol. The van der Waals surface area contributed by atoms with Crippen LogP contribution >= 0.6 is 0 Å². The van der Waals surface area contributed by atoms with E-state index in [0.717, 1.165) is 26.1 Å². The first-order valence-electron chi connectivity index (χ1n) is 4.79. The monoisotopic (exact) mass is 207 g/mol. The topological polar surface area (TPSA) is 46.6 Å². The molecule has 0 amide bonds. The fourth-order valence-corrected chi connectivity index (χ4v) is 1.89. The average molecular weight is 207 g/mol. The minimum Gasteiger partial charge on any atom is -0.303 e. The quantitative estimate of drug-likeness (QED) is 0.524. The molecule has 1 aliphatic rings. The van der Waals surface area contributed by atoms with Gasteiger partial charge in [-0.15, -0.1) is 0 Å². The molecular formula is C8H17NO3S. The molecule has 1 rings (SSSR count). The van der Waals surface area contributed by atoms with Crippen LogP contribution in [0.4, 0.5) is 0 Å². The molecule has 5 heteroatoms. The number of hydrogen-bond donors (Lipinski definition) is 1. The Bertz CT molecular complexity index is 192. The van der Waals surface area contributed by atoms with Crippen molar-refractivity contribution in [3.63, 3.8) is 0 Å². The molecular weight excluding hydrogens is 190 g/mol. The Labute approximate surface area is 81.0 Å². The van der Waals surface area contributed by atoms with Crippen molar-refractivity contribution in [2.75, 3.05) is 26.2 Å². The fraction of sp³-hybridized carbons (Fsp3) is 1.00. The van der Waals surface area contributed by atoms with Crippen LogP contribution in [0.15, 0.2) is 0 Å². The van der Waals surface area contributed by atoms with Gasteiger partial charge in [-0.3, -0.25) is 4.18 Å². The van der Waals surface area contributed by atoms with E-state index < -0.39 is 11.0 Å². The van der Waals surface area contributed by atoms with Gasteiger partial charge in [-0.1, -0.05) is 6.42 Å². The highest BCUT2D eigenvalue weighted by Crippen LogP contribution is 2.08. The minimum atomic E-state index is -2.65. The molecule has 0 aliphatic carbocycles. The summed E-state index contributed by atoms with van der Waals surface area (Å²) in [5, 5.41) is 0. The van der Waals surface area contributed by atoms with Crippen molar-refractivity contribution in [2.24, 2.45) is 0 Å². The second-order valence-electron chi connectivity index (χ2n) is 3.31. The molecule has 0 spiro atoms. The maximum Gasteiger partial charge on any atom is 0.257 e. The molecule has 4 nitrogen and oxygen atoms in total. The maximum absolute atomic E-state index is 10.1. The lowest BCUT2D eigenvalue weighted by atomic mass is 10.1. The molecule has 1 fully saturated rings. The molecule has 1 heterocycles. The van der Waals surface area contributed by atoms with E-state index in [1.54, 1.807) is 0 Å². The lowest BCUT2D eigenvalue weighted by Crippen LogP contribution is -2.31. The Balaban J connectivity index is 1.98. The Morgan fingerprint density at radius 3 is 2.46 bits per heavy atom. The van der Waals surface area contributed by atoms with Crippen LogP contribution in [0, 0.1) is 0 Å². The third-order valence-electron chi connectivity index (χ3n) is 2.26. The zero-order chi connectivity index (χ0) is 9.52. The standard InChI is InChI=1S/C8H17NO3S/c10-13(11)12-8-4-7-9-5-2-1-3-6-9/h13H,1-8H2. The third-order valence-corrected chi connectivity index (χ3v) is 2.66. The van der Waals surface area contributed by atoms with Gasteiger partial charge >= 0.3 is 0 Å². The largest absolute Gasteiger partial charge is 0.303 e. The van der Waals surface area contributed by atoms with Crippen LogP contribution in [0.2, 0.25) is 0 Å². The van der Waals surface area contributed by atoms with Crippen molar-refractivity contribution >= 4 is 11.0 Å². The van der Waals surface area contributed by atoms with Crippen LogP contribution in [-0.4, -0.2) is 39.6 Å². The van der Waals surface area contributed by atoms with Gasteiger partial charge in [-0.2, -0.15) is 0 Å². The van der Waals surface area contributed by atoms with Crippen molar-refractivity contribution in [3.05, 3.63) is 0 Å². The number of nitrogens with zero attached hydrogens (tertiary/aromatic N) is 1. The van der Waals surface area contributed by atoms with Gasteiger partial charge in [0.25, 0.3) is 11.0 Å². The van der Waals surface area contributed by atoms with Crippen molar-refractivity contribution in [3.8, 4) is 0 Å². The van der Waals surface area contributed by atoms with Gasteiger partial charge in [0, 0.05) is 6.54 Å². The first-order chi connectivity index (χ1) is 6.29. The normalized spacial score (nSPS) is 19.5. The van der Waals surface area contributed by atoms with Crippen LogP contribution < -0.4 is 0 Å². The molecule has 0 aromatic heterocycles. The summed E-state index contributed by atoms with van der Waals surface area (Å²) in [5.74, 6) is 0. The highest BCUT2D eigenvalue weighted by atomic mass is 32.2. The smallest absolute Gasteiger partial charge is 0.257 e. The molecule has 1 saturated heterocycles. The summed E-state index contributed by atoms with van der Waals surface area (Å²) in [7, 11) is -2.65. The minimum absolute atomic E-state index is 0.329. The molecule has 13 heavy (non-hydrogen) atoms. The van der Waals surface area contributed by atoms with E-state index in [1.807, 2.05) is 0 Å². The summed E-state index contributed by atoms with van der Waals surface area (Å²) >= 11 is 0. The molecule has 78 valence electrons. The maximum atomic E-state index is 10.1. The second kappa shape index (κ2) is 6.34. The number of hydrogen-bond acceptors (Lipinski definition) is 4. The molecule has 0 radical (unpaired) electrons. The SMILES string of the molecule is O=[SH](=O)OCCCN1CCCCC1.